The molecule has 138 valence electrons. The smallest absolute Gasteiger partial charge is 0.255 e. The van der Waals surface area contributed by atoms with Gasteiger partial charge < -0.3 is 10.2 Å². The van der Waals surface area contributed by atoms with E-state index in [1.807, 2.05) is 51.9 Å². The number of thioether (sulfide) groups is 1. The molecule has 26 heavy (non-hydrogen) atoms. The summed E-state index contributed by atoms with van der Waals surface area (Å²) < 4.78 is 1.99. The highest BCUT2D eigenvalue weighted by atomic mass is 32.2. The summed E-state index contributed by atoms with van der Waals surface area (Å²) in [7, 11) is 0. The van der Waals surface area contributed by atoms with Gasteiger partial charge in [-0.3, -0.25) is 9.48 Å². The molecule has 2 aliphatic rings. The zero-order chi connectivity index (χ0) is 17.8. The third kappa shape index (κ3) is 4.20. The number of hydrogen-bond donors (Lipinski definition) is 1. The largest absolute Gasteiger partial charge is 0.366 e. The molecule has 1 atom stereocenters. The van der Waals surface area contributed by atoms with Gasteiger partial charge in [0.2, 0.25) is 0 Å². The first kappa shape index (κ1) is 17.4. The van der Waals surface area contributed by atoms with Gasteiger partial charge in [-0.05, 0) is 49.1 Å². The minimum absolute atomic E-state index is 0.0954. The molecule has 6 nitrogen and oxygen atoms in total. The Bertz CT molecular complexity index is 704. The zero-order valence-corrected chi connectivity index (χ0v) is 15.7. The number of amides is 1. The monoisotopic (exact) mass is 371 g/mol. The van der Waals surface area contributed by atoms with Crippen molar-refractivity contribution in [1.29, 1.82) is 0 Å². The van der Waals surface area contributed by atoms with Gasteiger partial charge in [0, 0.05) is 50.0 Å². The molecule has 0 saturated carbocycles. The fourth-order valence-corrected chi connectivity index (χ4v) is 4.79. The molecule has 0 radical (unpaired) electrons. The maximum Gasteiger partial charge on any atom is 0.255 e. The van der Waals surface area contributed by atoms with E-state index < -0.39 is 0 Å². The van der Waals surface area contributed by atoms with E-state index in [0.717, 1.165) is 44.0 Å². The Labute approximate surface area is 158 Å². The number of nitrogens with zero attached hydrogens (tertiary/aromatic N) is 4. The second-order valence-electron chi connectivity index (χ2n) is 7.10. The highest BCUT2D eigenvalue weighted by Crippen LogP contribution is 2.22. The second-order valence-corrected chi connectivity index (χ2v) is 8.25. The minimum atomic E-state index is 0.0954. The van der Waals surface area contributed by atoms with E-state index in [2.05, 4.69) is 15.4 Å². The van der Waals surface area contributed by atoms with E-state index >= 15 is 0 Å². The molecule has 2 aromatic rings. The number of carbonyl (C=O) groups excluding carboxylic acids is 1. The molecule has 4 rings (SSSR count). The maximum absolute atomic E-state index is 12.7. The third-order valence-electron chi connectivity index (χ3n) is 5.20. The summed E-state index contributed by atoms with van der Waals surface area (Å²) in [4.78, 5) is 19.1. The van der Waals surface area contributed by atoms with Gasteiger partial charge in [0.25, 0.3) is 5.91 Å². The molecular formula is C19H25N5OS. The lowest BCUT2D eigenvalue weighted by atomic mass is 9.96. The van der Waals surface area contributed by atoms with E-state index in [0.29, 0.717) is 17.5 Å². The molecule has 2 aromatic heterocycles. The average Bonchev–Trinajstić information content (AvgIpc) is 3.37. The summed E-state index contributed by atoms with van der Waals surface area (Å²) in [6.45, 7) is 2.56. The highest BCUT2D eigenvalue weighted by molar-refractivity contribution is 7.99. The molecule has 2 aliphatic heterocycles. The van der Waals surface area contributed by atoms with E-state index in [-0.39, 0.29) is 5.91 Å². The van der Waals surface area contributed by atoms with Crippen molar-refractivity contribution in [3.63, 3.8) is 0 Å². The Balaban J connectivity index is 1.29. The van der Waals surface area contributed by atoms with Crippen LogP contribution in [0.1, 0.15) is 29.6 Å². The Hall–Kier alpha value is -2.02. The SMILES string of the molecule is O=C(c1ccc(N[C@H]2CCSC2)nc1)N1CCC(Cn2cccn2)CC1. The molecule has 0 aromatic carbocycles. The van der Waals surface area contributed by atoms with Crippen LogP contribution in [-0.2, 0) is 6.54 Å². The molecule has 2 fully saturated rings. The topological polar surface area (TPSA) is 63.1 Å². The summed E-state index contributed by atoms with van der Waals surface area (Å²) in [6.07, 6.45) is 8.76. The van der Waals surface area contributed by atoms with Crippen LogP contribution in [0.4, 0.5) is 5.82 Å². The molecular weight excluding hydrogens is 346 g/mol. The fraction of sp³-hybridized carbons (Fsp3) is 0.526. The predicted octanol–water partition coefficient (Wildman–Crippen LogP) is 2.75. The molecule has 7 heteroatoms. The summed E-state index contributed by atoms with van der Waals surface area (Å²) >= 11 is 1.97. The van der Waals surface area contributed by atoms with Crippen molar-refractivity contribution in [3.8, 4) is 0 Å². The first-order chi connectivity index (χ1) is 12.8. The highest BCUT2D eigenvalue weighted by Gasteiger charge is 2.24. The lowest BCUT2D eigenvalue weighted by Crippen LogP contribution is -2.39. The molecule has 2 saturated heterocycles. The molecule has 0 unspecified atom stereocenters. The van der Waals surface area contributed by atoms with Gasteiger partial charge in [0.15, 0.2) is 0 Å². The lowest BCUT2D eigenvalue weighted by molar-refractivity contribution is 0.0681. The molecule has 1 N–H and O–H groups in total. The number of likely N-dealkylation sites (tertiary alicyclic amines) is 1. The van der Waals surface area contributed by atoms with E-state index in [1.54, 1.807) is 6.20 Å². The molecule has 1 amide bonds. The van der Waals surface area contributed by atoms with Crippen LogP contribution in [0.2, 0.25) is 0 Å². The van der Waals surface area contributed by atoms with Crippen LogP contribution in [0.3, 0.4) is 0 Å². The van der Waals surface area contributed by atoms with Crippen molar-refractivity contribution in [2.24, 2.45) is 5.92 Å². The second kappa shape index (κ2) is 8.12. The van der Waals surface area contributed by atoms with Gasteiger partial charge in [0.05, 0.1) is 5.56 Å². The molecule has 0 spiro atoms. The quantitative estimate of drug-likeness (QED) is 0.876. The van der Waals surface area contributed by atoms with Gasteiger partial charge in [-0.1, -0.05) is 0 Å². The van der Waals surface area contributed by atoms with Crippen molar-refractivity contribution >= 4 is 23.5 Å². The summed E-state index contributed by atoms with van der Waals surface area (Å²) in [5.41, 5.74) is 0.682. The summed E-state index contributed by atoms with van der Waals surface area (Å²) in [6, 6.07) is 6.29. The van der Waals surface area contributed by atoms with E-state index in [4.69, 9.17) is 0 Å². The lowest BCUT2D eigenvalue weighted by Gasteiger charge is -2.32. The van der Waals surface area contributed by atoms with Crippen LogP contribution in [0.15, 0.2) is 36.8 Å². The molecule has 4 heterocycles. The van der Waals surface area contributed by atoms with Crippen molar-refractivity contribution in [2.75, 3.05) is 29.9 Å². The Morgan fingerprint density at radius 2 is 2.15 bits per heavy atom. The van der Waals surface area contributed by atoms with Crippen LogP contribution in [0, 0.1) is 5.92 Å². The van der Waals surface area contributed by atoms with E-state index in [1.165, 1.54) is 12.2 Å². The Morgan fingerprint density at radius 3 is 2.81 bits per heavy atom. The van der Waals surface area contributed by atoms with E-state index in [9.17, 15) is 4.79 Å². The summed E-state index contributed by atoms with van der Waals surface area (Å²) in [5, 5.41) is 7.73. The first-order valence-electron chi connectivity index (χ1n) is 9.35. The van der Waals surface area contributed by atoms with Crippen LogP contribution in [-0.4, -0.2) is 56.2 Å². The van der Waals surface area contributed by atoms with Crippen molar-refractivity contribution in [1.82, 2.24) is 19.7 Å². The number of aromatic nitrogens is 3. The van der Waals surface area contributed by atoms with Crippen molar-refractivity contribution < 1.29 is 4.79 Å². The van der Waals surface area contributed by atoms with Gasteiger partial charge in [-0.15, -0.1) is 0 Å². The first-order valence-corrected chi connectivity index (χ1v) is 10.5. The number of anilines is 1. The van der Waals surface area contributed by atoms with Crippen LogP contribution >= 0.6 is 11.8 Å². The van der Waals surface area contributed by atoms with Crippen molar-refractivity contribution in [3.05, 3.63) is 42.4 Å². The van der Waals surface area contributed by atoms with Crippen LogP contribution in [0.25, 0.3) is 0 Å². The number of hydrogen-bond acceptors (Lipinski definition) is 5. The maximum atomic E-state index is 12.7. The Kier molecular flexibility index (Phi) is 5.43. The standard InChI is InChI=1S/C19H25N5OS/c25-19(16-2-3-18(20-12-16)22-17-6-11-26-14-17)23-9-4-15(5-10-23)13-24-8-1-7-21-24/h1-3,7-8,12,15,17H,4-6,9-11,13-14H2,(H,20,22)/t17-/m0/s1. The normalized spacial score (nSPS) is 21.1. The molecule has 0 bridgehead atoms. The number of pyridine rings is 1. The summed E-state index contributed by atoms with van der Waals surface area (Å²) in [5.74, 6) is 3.90. The van der Waals surface area contributed by atoms with Crippen molar-refractivity contribution in [2.45, 2.75) is 31.8 Å². The van der Waals surface area contributed by atoms with Gasteiger partial charge in [-0.25, -0.2) is 4.98 Å². The van der Waals surface area contributed by atoms with Gasteiger partial charge in [-0.2, -0.15) is 16.9 Å². The zero-order valence-electron chi connectivity index (χ0n) is 14.9. The Morgan fingerprint density at radius 1 is 1.27 bits per heavy atom. The van der Waals surface area contributed by atoms with Gasteiger partial charge >= 0.3 is 0 Å². The van der Waals surface area contributed by atoms with Gasteiger partial charge in [0.1, 0.15) is 5.82 Å². The number of carbonyl (C=O) groups is 1. The molecule has 0 aliphatic carbocycles. The number of piperidine rings is 1. The fourth-order valence-electron chi connectivity index (χ4n) is 3.64. The minimum Gasteiger partial charge on any atom is -0.366 e. The number of nitrogens with one attached hydrogen (secondary N) is 1. The predicted molar refractivity (Wildman–Crippen MR) is 104 cm³/mol. The number of rotatable bonds is 5. The average molecular weight is 372 g/mol. The van der Waals surface area contributed by atoms with Crippen LogP contribution < -0.4 is 5.32 Å². The van der Waals surface area contributed by atoms with Crippen LogP contribution in [0.5, 0.6) is 0 Å². The third-order valence-corrected chi connectivity index (χ3v) is 6.36.